The van der Waals surface area contributed by atoms with Crippen molar-refractivity contribution in [1.82, 2.24) is 0 Å². The van der Waals surface area contributed by atoms with E-state index in [9.17, 15) is 9.50 Å². The molecule has 0 aromatic heterocycles. The molecule has 20 heavy (non-hydrogen) atoms. The van der Waals surface area contributed by atoms with E-state index in [0.717, 1.165) is 11.1 Å². The number of aryl methyl sites for hydroxylation is 2. The lowest BCUT2D eigenvalue weighted by Gasteiger charge is -2.19. The van der Waals surface area contributed by atoms with Gasteiger partial charge < -0.3 is 9.84 Å². The lowest BCUT2D eigenvalue weighted by Crippen LogP contribution is -2.06. The number of benzene rings is 2. The molecule has 0 heterocycles. The van der Waals surface area contributed by atoms with E-state index in [1.54, 1.807) is 19.2 Å². The fraction of sp³-hybridized carbons (Fsp3) is 0.250. The van der Waals surface area contributed by atoms with Gasteiger partial charge in [-0.2, -0.15) is 0 Å². The van der Waals surface area contributed by atoms with Crippen molar-refractivity contribution in [3.8, 4) is 5.75 Å². The van der Waals surface area contributed by atoms with Gasteiger partial charge in [-0.25, -0.2) is 4.39 Å². The Bertz CT molecular complexity index is 641. The smallest absolute Gasteiger partial charge is 0.137 e. The minimum atomic E-state index is -0.923. The van der Waals surface area contributed by atoms with Crippen LogP contribution in [0.3, 0.4) is 0 Å². The zero-order valence-corrected chi connectivity index (χ0v) is 13.2. The van der Waals surface area contributed by atoms with E-state index in [1.165, 1.54) is 6.07 Å². The summed E-state index contributed by atoms with van der Waals surface area (Å²) in [6.45, 7) is 3.87. The lowest BCUT2D eigenvalue weighted by atomic mass is 9.95. The molecule has 0 amide bonds. The molecule has 0 spiro atoms. The van der Waals surface area contributed by atoms with Gasteiger partial charge in [-0.3, -0.25) is 0 Å². The Balaban J connectivity index is 2.52. The zero-order chi connectivity index (χ0) is 14.9. The Labute approximate surface area is 126 Å². The van der Waals surface area contributed by atoms with Gasteiger partial charge in [0, 0.05) is 5.56 Å². The summed E-state index contributed by atoms with van der Waals surface area (Å²) >= 11 is 3.11. The van der Waals surface area contributed by atoms with Crippen LogP contribution in [0.2, 0.25) is 0 Å². The number of methoxy groups -OCH3 is 1. The van der Waals surface area contributed by atoms with E-state index in [4.69, 9.17) is 4.74 Å². The average molecular weight is 339 g/mol. The third kappa shape index (κ3) is 2.86. The second kappa shape index (κ2) is 5.94. The minimum Gasteiger partial charge on any atom is -0.496 e. The molecule has 106 valence electrons. The van der Waals surface area contributed by atoms with Crippen LogP contribution in [0.1, 0.15) is 28.4 Å². The van der Waals surface area contributed by atoms with Crippen LogP contribution in [0.25, 0.3) is 0 Å². The monoisotopic (exact) mass is 338 g/mol. The molecule has 2 aromatic carbocycles. The zero-order valence-electron chi connectivity index (χ0n) is 11.6. The molecular weight excluding hydrogens is 323 g/mol. The summed E-state index contributed by atoms with van der Waals surface area (Å²) < 4.78 is 19.3. The highest BCUT2D eigenvalue weighted by molar-refractivity contribution is 9.10. The topological polar surface area (TPSA) is 29.5 Å². The van der Waals surface area contributed by atoms with Gasteiger partial charge in [0.2, 0.25) is 0 Å². The average Bonchev–Trinajstić information content (AvgIpc) is 2.40. The first-order chi connectivity index (χ1) is 9.43. The Morgan fingerprint density at radius 3 is 2.50 bits per heavy atom. The van der Waals surface area contributed by atoms with Gasteiger partial charge in [-0.1, -0.05) is 12.1 Å². The van der Waals surface area contributed by atoms with Crippen LogP contribution in [0.5, 0.6) is 5.75 Å². The maximum atomic E-state index is 13.6. The predicted molar refractivity (Wildman–Crippen MR) is 80.6 cm³/mol. The second-order valence-corrected chi connectivity index (χ2v) is 5.63. The van der Waals surface area contributed by atoms with Gasteiger partial charge in [0.15, 0.2) is 0 Å². The van der Waals surface area contributed by atoms with E-state index in [-0.39, 0.29) is 0 Å². The molecule has 2 nitrogen and oxygen atoms in total. The highest BCUT2D eigenvalue weighted by Gasteiger charge is 2.19. The van der Waals surface area contributed by atoms with Crippen molar-refractivity contribution in [3.63, 3.8) is 0 Å². The summed E-state index contributed by atoms with van der Waals surface area (Å²) in [5, 5.41) is 10.5. The molecule has 1 atom stereocenters. The summed E-state index contributed by atoms with van der Waals surface area (Å²) in [4.78, 5) is 0. The Hall–Kier alpha value is -1.39. The SMILES string of the molecule is COc1cc(C)cc(C)c1C(O)c1ccc(Br)c(F)c1. The summed E-state index contributed by atoms with van der Waals surface area (Å²) in [5.41, 5.74) is 3.13. The van der Waals surface area contributed by atoms with Crippen LogP contribution < -0.4 is 4.74 Å². The van der Waals surface area contributed by atoms with Gasteiger partial charge in [-0.15, -0.1) is 0 Å². The number of ether oxygens (including phenoxy) is 1. The highest BCUT2D eigenvalue weighted by atomic mass is 79.9. The first-order valence-corrected chi connectivity index (χ1v) is 7.01. The van der Waals surface area contributed by atoms with Crippen molar-refractivity contribution in [2.45, 2.75) is 20.0 Å². The van der Waals surface area contributed by atoms with E-state index < -0.39 is 11.9 Å². The Kier molecular flexibility index (Phi) is 4.45. The quantitative estimate of drug-likeness (QED) is 0.904. The fourth-order valence-electron chi connectivity index (χ4n) is 2.31. The van der Waals surface area contributed by atoms with Crippen LogP contribution >= 0.6 is 15.9 Å². The van der Waals surface area contributed by atoms with Crippen molar-refractivity contribution in [2.24, 2.45) is 0 Å². The van der Waals surface area contributed by atoms with E-state index in [1.807, 2.05) is 26.0 Å². The molecular formula is C16H16BrFO2. The molecule has 2 aromatic rings. The molecule has 0 saturated heterocycles. The van der Waals surface area contributed by atoms with Gasteiger partial charge in [0.25, 0.3) is 0 Å². The van der Waals surface area contributed by atoms with Crippen molar-refractivity contribution in [3.05, 3.63) is 62.9 Å². The van der Waals surface area contributed by atoms with Crippen LogP contribution in [0.4, 0.5) is 4.39 Å². The number of aliphatic hydroxyl groups excluding tert-OH is 1. The van der Waals surface area contributed by atoms with E-state index >= 15 is 0 Å². The van der Waals surface area contributed by atoms with Crippen LogP contribution in [0.15, 0.2) is 34.8 Å². The van der Waals surface area contributed by atoms with Crippen LogP contribution in [-0.4, -0.2) is 12.2 Å². The van der Waals surface area contributed by atoms with E-state index in [0.29, 0.717) is 21.3 Å². The van der Waals surface area contributed by atoms with E-state index in [2.05, 4.69) is 15.9 Å². The molecule has 1 N–H and O–H groups in total. The van der Waals surface area contributed by atoms with Crippen molar-refractivity contribution >= 4 is 15.9 Å². The molecule has 0 bridgehead atoms. The number of aliphatic hydroxyl groups is 1. The Morgan fingerprint density at radius 2 is 1.90 bits per heavy atom. The standard InChI is InChI=1S/C16H16BrFO2/c1-9-6-10(2)15(14(7-9)20-3)16(19)11-4-5-12(17)13(18)8-11/h4-8,16,19H,1-3H3. The highest BCUT2D eigenvalue weighted by Crippen LogP contribution is 2.34. The fourth-order valence-corrected chi connectivity index (χ4v) is 2.55. The summed E-state index contributed by atoms with van der Waals surface area (Å²) in [5.74, 6) is 0.212. The summed E-state index contributed by atoms with van der Waals surface area (Å²) in [6, 6.07) is 8.44. The molecule has 0 radical (unpaired) electrons. The maximum absolute atomic E-state index is 13.6. The van der Waals surface area contributed by atoms with Crippen molar-refractivity contribution in [1.29, 1.82) is 0 Å². The number of halogens is 2. The van der Waals surface area contributed by atoms with Gasteiger partial charge in [-0.05, 0) is 64.7 Å². The molecule has 0 aliphatic rings. The number of hydrogen-bond donors (Lipinski definition) is 1. The molecule has 1 unspecified atom stereocenters. The molecule has 0 fully saturated rings. The molecule has 4 heteroatoms. The minimum absolute atomic E-state index is 0.376. The number of hydrogen-bond acceptors (Lipinski definition) is 2. The van der Waals surface area contributed by atoms with Gasteiger partial charge in [0.05, 0.1) is 11.6 Å². The van der Waals surface area contributed by atoms with Crippen LogP contribution in [-0.2, 0) is 0 Å². The normalized spacial score (nSPS) is 12.3. The maximum Gasteiger partial charge on any atom is 0.137 e. The first-order valence-electron chi connectivity index (χ1n) is 6.22. The summed E-state index contributed by atoms with van der Waals surface area (Å²) in [6.07, 6.45) is -0.923. The summed E-state index contributed by atoms with van der Waals surface area (Å²) in [7, 11) is 1.56. The molecule has 2 rings (SSSR count). The molecule has 0 aliphatic heterocycles. The Morgan fingerprint density at radius 1 is 1.20 bits per heavy atom. The molecule has 0 saturated carbocycles. The predicted octanol–water partition coefficient (Wildman–Crippen LogP) is 4.30. The van der Waals surface area contributed by atoms with Crippen molar-refractivity contribution < 1.29 is 14.2 Å². The third-order valence-electron chi connectivity index (χ3n) is 3.25. The second-order valence-electron chi connectivity index (χ2n) is 4.77. The largest absolute Gasteiger partial charge is 0.496 e. The third-order valence-corrected chi connectivity index (χ3v) is 3.89. The number of rotatable bonds is 3. The first kappa shape index (κ1) is 15.0. The lowest BCUT2D eigenvalue weighted by molar-refractivity contribution is 0.213. The van der Waals surface area contributed by atoms with Gasteiger partial charge in [0.1, 0.15) is 17.7 Å². The van der Waals surface area contributed by atoms with Crippen LogP contribution in [0, 0.1) is 19.7 Å². The molecule has 0 aliphatic carbocycles. The van der Waals surface area contributed by atoms with Crippen molar-refractivity contribution in [2.75, 3.05) is 7.11 Å². The van der Waals surface area contributed by atoms with Gasteiger partial charge >= 0.3 is 0 Å².